The van der Waals surface area contributed by atoms with E-state index in [0.717, 1.165) is 19.0 Å². The average Bonchev–Trinajstić information content (AvgIpc) is 3.11. The van der Waals surface area contributed by atoms with Crippen LogP contribution in [0, 0.1) is 12.8 Å². The van der Waals surface area contributed by atoms with Crippen LogP contribution < -0.4 is 0 Å². The molecule has 0 radical (unpaired) electrons. The summed E-state index contributed by atoms with van der Waals surface area (Å²) in [4.78, 5) is 25.7. The molecule has 0 aromatic heterocycles. The van der Waals surface area contributed by atoms with Gasteiger partial charge in [0.15, 0.2) is 0 Å². The molecule has 1 aromatic carbocycles. The number of nitrogens with zero attached hydrogens (tertiary/aromatic N) is 2. The number of benzene rings is 1. The molecule has 3 aliphatic rings. The van der Waals surface area contributed by atoms with Crippen molar-refractivity contribution in [2.75, 3.05) is 33.3 Å². The maximum Gasteiger partial charge on any atom is 0.410 e. The van der Waals surface area contributed by atoms with Crippen molar-refractivity contribution in [2.45, 2.75) is 77.9 Å². The number of aryl methyl sites for hydroxylation is 2. The van der Waals surface area contributed by atoms with Gasteiger partial charge in [-0.1, -0.05) is 19.1 Å². The van der Waals surface area contributed by atoms with Crippen LogP contribution in [0.3, 0.4) is 0 Å². The molecule has 0 spiro atoms. The third-order valence-corrected chi connectivity index (χ3v) is 6.88. The van der Waals surface area contributed by atoms with Crippen LogP contribution in [0.2, 0.25) is 0 Å². The lowest BCUT2D eigenvalue weighted by Crippen LogP contribution is -2.50. The van der Waals surface area contributed by atoms with E-state index in [1.165, 1.54) is 57.0 Å². The molecule has 32 heavy (non-hydrogen) atoms. The summed E-state index contributed by atoms with van der Waals surface area (Å²) in [6.45, 7) is 14.9. The minimum absolute atomic E-state index is 0.180. The van der Waals surface area contributed by atoms with Gasteiger partial charge in [-0.15, -0.1) is 0 Å². The Morgan fingerprint density at radius 1 is 1.12 bits per heavy atom. The van der Waals surface area contributed by atoms with Gasteiger partial charge >= 0.3 is 6.09 Å². The fraction of sp³-hybridized carbons (Fsp3) is 0.692. The highest BCUT2D eigenvalue weighted by Crippen LogP contribution is 2.42. The minimum atomic E-state index is -0.423. The summed E-state index contributed by atoms with van der Waals surface area (Å²) >= 11 is 0. The van der Waals surface area contributed by atoms with Crippen molar-refractivity contribution >= 4 is 12.6 Å². The largest absolute Gasteiger partial charge is 0.471 e. The van der Waals surface area contributed by atoms with Crippen LogP contribution in [-0.4, -0.2) is 61.3 Å². The van der Waals surface area contributed by atoms with E-state index in [1.807, 2.05) is 25.7 Å². The lowest BCUT2D eigenvalue weighted by atomic mass is 9.87. The zero-order valence-electron chi connectivity index (χ0n) is 20.6. The molecule has 0 saturated carbocycles. The van der Waals surface area contributed by atoms with Gasteiger partial charge in [0.25, 0.3) is 6.47 Å². The molecule has 2 heterocycles. The highest BCUT2D eigenvalue weighted by Gasteiger charge is 2.37. The molecule has 178 valence electrons. The highest BCUT2D eigenvalue weighted by atomic mass is 16.6. The average molecular weight is 445 g/mol. The Kier molecular flexibility index (Phi) is 7.86. The molecule has 1 atom stereocenters. The highest BCUT2D eigenvalue weighted by molar-refractivity contribution is 5.69. The Bertz CT molecular complexity index is 803. The lowest BCUT2D eigenvalue weighted by molar-refractivity contribution is -0.126. The van der Waals surface area contributed by atoms with Crippen molar-refractivity contribution < 1.29 is 19.1 Å². The van der Waals surface area contributed by atoms with Crippen LogP contribution in [-0.2, 0) is 20.7 Å². The van der Waals surface area contributed by atoms with E-state index in [2.05, 4.69) is 35.6 Å². The molecule has 2 fully saturated rings. The SMILES string of the molecule is COC=O.Cc1cc(C2CN(C(=O)OC(C)(C)C)C2)cc2c1C(N1CCC(C)CC1)CC2. The van der Waals surface area contributed by atoms with Crippen LogP contribution in [0.1, 0.15) is 81.2 Å². The van der Waals surface area contributed by atoms with E-state index in [-0.39, 0.29) is 6.09 Å². The van der Waals surface area contributed by atoms with Gasteiger partial charge in [-0.3, -0.25) is 9.69 Å². The molecule has 1 aliphatic carbocycles. The minimum Gasteiger partial charge on any atom is -0.471 e. The van der Waals surface area contributed by atoms with Gasteiger partial charge in [-0.25, -0.2) is 4.79 Å². The van der Waals surface area contributed by atoms with Crippen LogP contribution in [0.5, 0.6) is 0 Å². The molecule has 4 rings (SSSR count). The molecule has 1 aromatic rings. The Hall–Kier alpha value is -2.08. The molecule has 6 heteroatoms. The molecule has 0 N–H and O–H groups in total. The third kappa shape index (κ3) is 5.83. The second-order valence-corrected chi connectivity index (χ2v) is 10.6. The number of rotatable bonds is 3. The Labute approximate surface area is 193 Å². The quantitative estimate of drug-likeness (QED) is 0.625. The number of hydrogen-bond acceptors (Lipinski definition) is 5. The monoisotopic (exact) mass is 444 g/mol. The van der Waals surface area contributed by atoms with Gasteiger partial charge in [-0.05, 0) is 94.6 Å². The predicted molar refractivity (Wildman–Crippen MR) is 126 cm³/mol. The summed E-state index contributed by atoms with van der Waals surface area (Å²) in [6, 6.07) is 5.45. The van der Waals surface area contributed by atoms with Crippen molar-refractivity contribution in [2.24, 2.45) is 5.92 Å². The first kappa shape index (κ1) is 24.6. The topological polar surface area (TPSA) is 59.1 Å². The smallest absolute Gasteiger partial charge is 0.410 e. The Balaban J connectivity index is 0.000000668. The number of carbonyl (C=O) groups is 2. The first-order valence-corrected chi connectivity index (χ1v) is 11.9. The van der Waals surface area contributed by atoms with Gasteiger partial charge in [0.2, 0.25) is 0 Å². The van der Waals surface area contributed by atoms with Gasteiger partial charge in [-0.2, -0.15) is 0 Å². The number of amides is 1. The molecule has 1 amide bonds. The summed E-state index contributed by atoms with van der Waals surface area (Å²) in [5.41, 5.74) is 5.58. The predicted octanol–water partition coefficient (Wildman–Crippen LogP) is 4.84. The number of piperidine rings is 1. The maximum atomic E-state index is 12.2. The zero-order chi connectivity index (χ0) is 23.5. The fourth-order valence-corrected chi connectivity index (χ4v) is 5.13. The molecule has 2 aliphatic heterocycles. The molecular weight excluding hydrogens is 404 g/mol. The van der Waals surface area contributed by atoms with Gasteiger partial charge in [0, 0.05) is 25.0 Å². The second-order valence-electron chi connectivity index (χ2n) is 10.6. The lowest BCUT2D eigenvalue weighted by Gasteiger charge is -2.40. The number of methoxy groups -OCH3 is 1. The summed E-state index contributed by atoms with van der Waals surface area (Å²) in [6.07, 6.45) is 4.96. The molecule has 6 nitrogen and oxygen atoms in total. The van der Waals surface area contributed by atoms with Crippen LogP contribution in [0.4, 0.5) is 4.79 Å². The zero-order valence-corrected chi connectivity index (χ0v) is 20.6. The summed E-state index contributed by atoms with van der Waals surface area (Å²) < 4.78 is 9.35. The second kappa shape index (κ2) is 10.2. The van der Waals surface area contributed by atoms with Crippen molar-refractivity contribution in [1.29, 1.82) is 0 Å². The fourth-order valence-electron chi connectivity index (χ4n) is 5.13. The first-order chi connectivity index (χ1) is 15.1. The van der Waals surface area contributed by atoms with Gasteiger partial charge in [0.1, 0.15) is 5.60 Å². The summed E-state index contributed by atoms with van der Waals surface area (Å²) in [5.74, 6) is 1.33. The van der Waals surface area contributed by atoms with E-state index in [4.69, 9.17) is 9.53 Å². The van der Waals surface area contributed by atoms with Crippen LogP contribution >= 0.6 is 0 Å². The standard InChI is InChI=1S/C24H36N2O2.C2H4O2/c1-16-8-10-25(11-9-16)21-7-6-18-13-19(12-17(2)22(18)21)20-14-26(15-20)23(27)28-24(3,4)5;1-4-2-3/h12-13,16,20-21H,6-11,14-15H2,1-5H3;2H,1H3. The third-order valence-electron chi connectivity index (χ3n) is 6.88. The van der Waals surface area contributed by atoms with E-state index in [1.54, 1.807) is 11.1 Å². The van der Waals surface area contributed by atoms with Crippen molar-refractivity contribution in [3.8, 4) is 0 Å². The molecular formula is C26H40N2O4. The van der Waals surface area contributed by atoms with Crippen LogP contribution in [0.25, 0.3) is 0 Å². The Morgan fingerprint density at radius 2 is 1.75 bits per heavy atom. The van der Waals surface area contributed by atoms with Crippen molar-refractivity contribution in [1.82, 2.24) is 9.80 Å². The van der Waals surface area contributed by atoms with Gasteiger partial charge < -0.3 is 14.4 Å². The first-order valence-electron chi connectivity index (χ1n) is 11.9. The normalized spacial score (nSPS) is 21.8. The number of fused-ring (bicyclic) bond motifs is 1. The van der Waals surface area contributed by atoms with E-state index in [0.29, 0.717) is 18.4 Å². The van der Waals surface area contributed by atoms with E-state index in [9.17, 15) is 4.79 Å². The maximum absolute atomic E-state index is 12.2. The summed E-state index contributed by atoms with van der Waals surface area (Å²) in [7, 11) is 1.31. The number of ether oxygens (including phenoxy) is 2. The van der Waals surface area contributed by atoms with Crippen molar-refractivity contribution in [3.63, 3.8) is 0 Å². The van der Waals surface area contributed by atoms with E-state index < -0.39 is 5.60 Å². The molecule has 0 bridgehead atoms. The van der Waals surface area contributed by atoms with Crippen molar-refractivity contribution in [3.05, 3.63) is 34.4 Å². The Morgan fingerprint density at radius 3 is 2.31 bits per heavy atom. The molecule has 1 unspecified atom stereocenters. The van der Waals surface area contributed by atoms with Gasteiger partial charge in [0.05, 0.1) is 7.11 Å². The number of likely N-dealkylation sites (tertiary alicyclic amines) is 2. The molecule has 2 saturated heterocycles. The number of hydrogen-bond donors (Lipinski definition) is 0. The summed E-state index contributed by atoms with van der Waals surface area (Å²) in [5, 5.41) is 0. The number of carbonyl (C=O) groups excluding carboxylic acids is 2. The van der Waals surface area contributed by atoms with Crippen LogP contribution in [0.15, 0.2) is 12.1 Å². The van der Waals surface area contributed by atoms with E-state index >= 15 is 0 Å².